The molecule has 2 amide bonds. The second-order valence-electron chi connectivity index (χ2n) is 7.96. The van der Waals surface area contributed by atoms with E-state index in [1.807, 2.05) is 0 Å². The van der Waals surface area contributed by atoms with Crippen LogP contribution in [0.5, 0.6) is 0 Å². The molecular formula is C24H24N2O10. The molecule has 2 aliphatic rings. The van der Waals surface area contributed by atoms with Gasteiger partial charge in [0.05, 0.1) is 26.1 Å². The summed E-state index contributed by atoms with van der Waals surface area (Å²) in [5, 5.41) is 4.68. The molecule has 0 unspecified atom stereocenters. The van der Waals surface area contributed by atoms with Gasteiger partial charge >= 0.3 is 11.9 Å². The van der Waals surface area contributed by atoms with E-state index in [1.54, 1.807) is 13.8 Å². The number of hydrogen-bond acceptors (Lipinski definition) is 10. The summed E-state index contributed by atoms with van der Waals surface area (Å²) in [7, 11) is 0. The molecule has 0 spiro atoms. The Morgan fingerprint density at radius 1 is 0.639 bits per heavy atom. The predicted molar refractivity (Wildman–Crippen MR) is 119 cm³/mol. The van der Waals surface area contributed by atoms with Crippen molar-refractivity contribution in [3.05, 3.63) is 34.4 Å². The molecule has 190 valence electrons. The number of ether oxygens (including phenoxy) is 2. The number of benzene rings is 1. The van der Waals surface area contributed by atoms with E-state index in [0.29, 0.717) is 0 Å². The van der Waals surface area contributed by atoms with Gasteiger partial charge in [-0.05, 0) is 26.0 Å². The van der Waals surface area contributed by atoms with E-state index in [4.69, 9.17) is 9.47 Å². The smallest absolute Gasteiger partial charge is 0.307 e. The summed E-state index contributed by atoms with van der Waals surface area (Å²) in [5.74, 6) is -9.78. The zero-order chi connectivity index (χ0) is 26.6. The standard InChI is InChI=1S/C24H24N2O10/c1-3-35-15(27)5-7-25-23(33)17-19(29)11-9-13-14(10-12(11)20(17)30)22(32)18(21(13)31)24(34)26-8-6-16(28)36-4-2/h9-10,17-18H,3-8H2,1-2H3,(H,25,33)(H,26,34). The lowest BCUT2D eigenvalue weighted by atomic mass is 10.0. The van der Waals surface area contributed by atoms with E-state index in [1.165, 1.54) is 0 Å². The summed E-state index contributed by atoms with van der Waals surface area (Å²) in [5.41, 5.74) is -0.801. The van der Waals surface area contributed by atoms with Gasteiger partial charge in [-0.2, -0.15) is 0 Å². The monoisotopic (exact) mass is 500 g/mol. The third-order valence-corrected chi connectivity index (χ3v) is 5.66. The van der Waals surface area contributed by atoms with Gasteiger partial charge in [-0.15, -0.1) is 0 Å². The topological polar surface area (TPSA) is 179 Å². The van der Waals surface area contributed by atoms with Crippen molar-refractivity contribution < 1.29 is 47.8 Å². The van der Waals surface area contributed by atoms with Crippen LogP contribution >= 0.6 is 0 Å². The lowest BCUT2D eigenvalue weighted by Gasteiger charge is -2.09. The van der Waals surface area contributed by atoms with Crippen LogP contribution in [0.4, 0.5) is 0 Å². The third-order valence-electron chi connectivity index (χ3n) is 5.66. The molecular weight excluding hydrogens is 476 g/mol. The van der Waals surface area contributed by atoms with Gasteiger partial charge in [-0.25, -0.2) is 0 Å². The Hall–Kier alpha value is -4.22. The second-order valence-corrected chi connectivity index (χ2v) is 7.96. The van der Waals surface area contributed by atoms with Crippen LogP contribution < -0.4 is 10.6 Å². The molecule has 12 heteroatoms. The predicted octanol–water partition coefficient (Wildman–Crippen LogP) is -0.184. The molecule has 0 aliphatic heterocycles. The van der Waals surface area contributed by atoms with Crippen molar-refractivity contribution >= 4 is 46.9 Å². The van der Waals surface area contributed by atoms with Gasteiger partial charge < -0.3 is 20.1 Å². The fourth-order valence-corrected chi connectivity index (χ4v) is 4.00. The summed E-state index contributed by atoms with van der Waals surface area (Å²) >= 11 is 0. The summed E-state index contributed by atoms with van der Waals surface area (Å²) in [6, 6.07) is 2.12. The highest BCUT2D eigenvalue weighted by Crippen LogP contribution is 2.35. The van der Waals surface area contributed by atoms with Crippen molar-refractivity contribution in [2.45, 2.75) is 26.7 Å². The maximum absolute atomic E-state index is 12.8. The Kier molecular flexibility index (Phi) is 8.07. The van der Waals surface area contributed by atoms with E-state index in [9.17, 15) is 38.4 Å². The van der Waals surface area contributed by atoms with Crippen LogP contribution in [-0.2, 0) is 28.7 Å². The highest BCUT2D eigenvalue weighted by atomic mass is 16.5. The van der Waals surface area contributed by atoms with Gasteiger partial charge in [0.1, 0.15) is 0 Å². The molecule has 12 nitrogen and oxygen atoms in total. The first kappa shape index (κ1) is 26.4. The van der Waals surface area contributed by atoms with E-state index >= 15 is 0 Å². The minimum atomic E-state index is -1.71. The molecule has 2 aliphatic carbocycles. The molecule has 0 heterocycles. The Morgan fingerprint density at radius 2 is 0.944 bits per heavy atom. The van der Waals surface area contributed by atoms with Crippen LogP contribution in [0, 0.1) is 11.8 Å². The SMILES string of the molecule is CCOC(=O)CCNC(=O)C1C(=O)c2cc3c(cc2C1=O)C(=O)C(C(=O)NCCC(=O)OCC)C3=O. The molecule has 0 aromatic heterocycles. The van der Waals surface area contributed by atoms with E-state index < -0.39 is 58.7 Å². The maximum Gasteiger partial charge on any atom is 0.307 e. The number of fused-ring (bicyclic) bond motifs is 2. The number of Topliss-reactive ketones (excluding diaryl/α,β-unsaturated/α-hetero) is 4. The third kappa shape index (κ3) is 5.07. The Bertz CT molecular complexity index is 1040. The van der Waals surface area contributed by atoms with Crippen molar-refractivity contribution in [2.75, 3.05) is 26.3 Å². The van der Waals surface area contributed by atoms with Gasteiger partial charge in [-0.3, -0.25) is 38.4 Å². The van der Waals surface area contributed by atoms with E-state index in [0.717, 1.165) is 12.1 Å². The van der Waals surface area contributed by atoms with Gasteiger partial charge in [0.25, 0.3) is 0 Å². The summed E-state index contributed by atoms with van der Waals surface area (Å²) in [6.45, 7) is 3.28. The first-order chi connectivity index (χ1) is 17.1. The number of amides is 2. The molecule has 0 fully saturated rings. The first-order valence-corrected chi connectivity index (χ1v) is 11.3. The quantitative estimate of drug-likeness (QED) is 0.323. The average molecular weight is 500 g/mol. The highest BCUT2D eigenvalue weighted by Gasteiger charge is 2.49. The van der Waals surface area contributed by atoms with Crippen LogP contribution in [0.15, 0.2) is 12.1 Å². The fraction of sp³-hybridized carbons (Fsp3) is 0.417. The average Bonchev–Trinajstić information content (AvgIpc) is 3.22. The minimum absolute atomic E-state index is 0.147. The van der Waals surface area contributed by atoms with Crippen LogP contribution in [-0.4, -0.2) is 73.2 Å². The minimum Gasteiger partial charge on any atom is -0.466 e. The summed E-state index contributed by atoms with van der Waals surface area (Å²) in [4.78, 5) is 99.0. The molecule has 0 atom stereocenters. The van der Waals surface area contributed by atoms with Gasteiger partial charge in [0, 0.05) is 35.3 Å². The molecule has 2 N–H and O–H groups in total. The van der Waals surface area contributed by atoms with Crippen molar-refractivity contribution in [2.24, 2.45) is 11.8 Å². The zero-order valence-corrected chi connectivity index (χ0v) is 19.6. The Morgan fingerprint density at radius 3 is 1.22 bits per heavy atom. The molecule has 3 rings (SSSR count). The lowest BCUT2D eigenvalue weighted by Crippen LogP contribution is -2.38. The summed E-state index contributed by atoms with van der Waals surface area (Å²) in [6.07, 6.45) is -0.301. The number of hydrogen-bond donors (Lipinski definition) is 2. The van der Waals surface area contributed by atoms with Crippen LogP contribution in [0.1, 0.15) is 68.1 Å². The molecule has 36 heavy (non-hydrogen) atoms. The Labute approximate surface area is 205 Å². The molecule has 0 saturated carbocycles. The highest BCUT2D eigenvalue weighted by molar-refractivity contribution is 6.39. The molecule has 1 aromatic carbocycles. The van der Waals surface area contributed by atoms with E-state index in [-0.39, 0.29) is 61.4 Å². The number of rotatable bonds is 10. The number of ketones is 4. The first-order valence-electron chi connectivity index (χ1n) is 11.3. The van der Waals surface area contributed by atoms with Gasteiger partial charge in [0.15, 0.2) is 35.0 Å². The van der Waals surface area contributed by atoms with Crippen LogP contribution in [0.2, 0.25) is 0 Å². The van der Waals surface area contributed by atoms with Crippen LogP contribution in [0.25, 0.3) is 0 Å². The summed E-state index contributed by atoms with van der Waals surface area (Å²) < 4.78 is 9.48. The van der Waals surface area contributed by atoms with Crippen molar-refractivity contribution in [1.82, 2.24) is 10.6 Å². The van der Waals surface area contributed by atoms with Gasteiger partial charge in [-0.1, -0.05) is 0 Å². The lowest BCUT2D eigenvalue weighted by molar-refractivity contribution is -0.144. The van der Waals surface area contributed by atoms with Crippen LogP contribution in [0.3, 0.4) is 0 Å². The molecule has 1 aromatic rings. The Balaban J connectivity index is 1.71. The molecule has 0 saturated heterocycles. The largest absolute Gasteiger partial charge is 0.466 e. The zero-order valence-electron chi connectivity index (χ0n) is 19.6. The number of carbonyl (C=O) groups excluding carboxylic acids is 8. The normalized spacial score (nSPS) is 14.9. The number of nitrogens with one attached hydrogen (secondary N) is 2. The van der Waals surface area contributed by atoms with Crippen molar-refractivity contribution in [3.8, 4) is 0 Å². The second kappa shape index (κ2) is 11.0. The molecule has 0 bridgehead atoms. The molecule has 0 radical (unpaired) electrons. The fourth-order valence-electron chi connectivity index (χ4n) is 4.00. The number of esters is 2. The van der Waals surface area contributed by atoms with Gasteiger partial charge in [0.2, 0.25) is 11.8 Å². The van der Waals surface area contributed by atoms with E-state index in [2.05, 4.69) is 10.6 Å². The maximum atomic E-state index is 12.8. The van der Waals surface area contributed by atoms with Crippen molar-refractivity contribution in [1.29, 1.82) is 0 Å². The number of carbonyl (C=O) groups is 8. The van der Waals surface area contributed by atoms with Crippen molar-refractivity contribution in [3.63, 3.8) is 0 Å².